The van der Waals surface area contributed by atoms with E-state index >= 15 is 0 Å². The number of halogens is 2. The van der Waals surface area contributed by atoms with E-state index in [1.54, 1.807) is 38.1 Å². The molecule has 0 bridgehead atoms. The van der Waals surface area contributed by atoms with Crippen LogP contribution >= 0.6 is 38.9 Å². The van der Waals surface area contributed by atoms with Crippen molar-refractivity contribution in [1.82, 2.24) is 4.57 Å². The fourth-order valence-corrected chi connectivity index (χ4v) is 6.35. The number of furan rings is 2. The lowest BCUT2D eigenvalue weighted by Gasteiger charge is -2.22. The van der Waals surface area contributed by atoms with E-state index in [1.165, 1.54) is 22.8 Å². The summed E-state index contributed by atoms with van der Waals surface area (Å²) >= 11 is 10.9. The summed E-state index contributed by atoms with van der Waals surface area (Å²) < 4.78 is 20.1. The van der Waals surface area contributed by atoms with Crippen molar-refractivity contribution >= 4 is 56.6 Å². The molecule has 0 fully saturated rings. The van der Waals surface area contributed by atoms with E-state index in [2.05, 4.69) is 20.9 Å². The van der Waals surface area contributed by atoms with Crippen LogP contribution in [0.3, 0.4) is 0 Å². The zero-order valence-corrected chi connectivity index (χ0v) is 26.2. The number of hydrogen-bond donors (Lipinski definition) is 0. The van der Waals surface area contributed by atoms with Gasteiger partial charge in [0.05, 0.1) is 32.4 Å². The van der Waals surface area contributed by atoms with Crippen LogP contribution in [0.1, 0.15) is 31.4 Å². The van der Waals surface area contributed by atoms with Gasteiger partial charge in [0, 0.05) is 33.8 Å². The smallest absolute Gasteiger partial charge is 0.338 e. The van der Waals surface area contributed by atoms with Crippen LogP contribution in [0.25, 0.3) is 28.7 Å². The standard InChI is InChI=1S/C31H21BrClN3O7S/c1-3-41-30(38)27-16(2)34-31-35(28(27)25-13-12-24(43-25)21-14-19(36(39)40)8-10-22(21)33)29(37)26(44-31)15-20-9-11-23(42-20)17-4-6-18(32)7-5-17/h4-15,28H,3H2,1-2H3/b26-15-/t28-/m1/s1. The van der Waals surface area contributed by atoms with Crippen LogP contribution in [0, 0.1) is 10.1 Å². The molecular formula is C31H21BrClN3O7S. The van der Waals surface area contributed by atoms with E-state index < -0.39 is 22.5 Å². The normalized spacial score (nSPS) is 14.8. The SMILES string of the molecule is CCOC(=O)C1=C(C)N=c2s/c(=C\c3ccc(-c4ccc(Br)cc4)o3)c(=O)n2[C@@H]1c1ccc(-c2cc([N+](=O)[O-])ccc2Cl)o1. The van der Waals surface area contributed by atoms with E-state index in [0.717, 1.165) is 21.4 Å². The van der Waals surface area contributed by atoms with Gasteiger partial charge in [-0.3, -0.25) is 19.5 Å². The molecule has 13 heteroatoms. The third kappa shape index (κ3) is 5.47. The number of benzene rings is 2. The summed E-state index contributed by atoms with van der Waals surface area (Å²) in [4.78, 5) is 42.9. The van der Waals surface area contributed by atoms with E-state index in [-0.39, 0.29) is 40.0 Å². The lowest BCUT2D eigenvalue weighted by molar-refractivity contribution is -0.384. The van der Waals surface area contributed by atoms with Crippen LogP contribution in [0.4, 0.5) is 5.69 Å². The molecule has 0 unspecified atom stereocenters. The third-order valence-corrected chi connectivity index (χ3v) is 8.71. The largest absolute Gasteiger partial charge is 0.463 e. The van der Waals surface area contributed by atoms with Crippen molar-refractivity contribution in [2.45, 2.75) is 19.9 Å². The van der Waals surface area contributed by atoms with Crippen LogP contribution in [-0.2, 0) is 9.53 Å². The lowest BCUT2D eigenvalue weighted by Crippen LogP contribution is -2.39. The molecule has 1 atom stereocenters. The third-order valence-electron chi connectivity index (χ3n) is 6.87. The highest BCUT2D eigenvalue weighted by Gasteiger charge is 2.35. The van der Waals surface area contributed by atoms with Gasteiger partial charge in [0.1, 0.15) is 29.1 Å². The van der Waals surface area contributed by atoms with Crippen molar-refractivity contribution in [2.24, 2.45) is 4.99 Å². The molecule has 6 rings (SSSR count). The molecule has 44 heavy (non-hydrogen) atoms. The molecule has 0 aliphatic carbocycles. The minimum absolute atomic E-state index is 0.110. The van der Waals surface area contributed by atoms with Gasteiger partial charge in [-0.25, -0.2) is 9.79 Å². The molecule has 0 radical (unpaired) electrons. The van der Waals surface area contributed by atoms with E-state index in [4.69, 9.17) is 25.2 Å². The van der Waals surface area contributed by atoms with Crippen molar-refractivity contribution in [3.05, 3.63) is 129 Å². The number of allylic oxidation sites excluding steroid dienone is 1. The first-order valence-electron chi connectivity index (χ1n) is 13.2. The average molecular weight is 695 g/mol. The first-order valence-corrected chi connectivity index (χ1v) is 15.2. The molecule has 1 aliphatic rings. The Labute approximate surface area is 266 Å². The predicted octanol–water partition coefficient (Wildman–Crippen LogP) is 6.64. The minimum Gasteiger partial charge on any atom is -0.463 e. The molecule has 3 aromatic heterocycles. The Morgan fingerprint density at radius 2 is 1.89 bits per heavy atom. The van der Waals surface area contributed by atoms with Crippen LogP contribution in [0.2, 0.25) is 5.02 Å². The highest BCUT2D eigenvalue weighted by Crippen LogP contribution is 2.37. The molecule has 0 N–H and O–H groups in total. The first-order chi connectivity index (χ1) is 21.1. The van der Waals surface area contributed by atoms with Crippen molar-refractivity contribution in [3.8, 4) is 22.6 Å². The minimum atomic E-state index is -1.02. The summed E-state index contributed by atoms with van der Waals surface area (Å²) in [5.41, 5.74) is 1.08. The van der Waals surface area contributed by atoms with Gasteiger partial charge in [-0.2, -0.15) is 0 Å². The van der Waals surface area contributed by atoms with Crippen molar-refractivity contribution in [3.63, 3.8) is 0 Å². The number of esters is 1. The molecule has 4 heterocycles. The second-order valence-electron chi connectivity index (χ2n) is 9.63. The Morgan fingerprint density at radius 1 is 1.14 bits per heavy atom. The Hall–Kier alpha value is -4.52. The van der Waals surface area contributed by atoms with E-state index in [9.17, 15) is 19.7 Å². The zero-order valence-electron chi connectivity index (χ0n) is 23.1. The van der Waals surface area contributed by atoms with Gasteiger partial charge < -0.3 is 13.6 Å². The Morgan fingerprint density at radius 3 is 2.61 bits per heavy atom. The topological polar surface area (TPSA) is 130 Å². The number of nitro benzene ring substituents is 1. The number of nitro groups is 1. The first kappa shape index (κ1) is 29.5. The number of carbonyl (C=O) groups excluding carboxylic acids is 1. The maximum Gasteiger partial charge on any atom is 0.338 e. The highest BCUT2D eigenvalue weighted by atomic mass is 79.9. The number of non-ortho nitro benzene ring substituents is 1. The number of carbonyl (C=O) groups is 1. The average Bonchev–Trinajstić information content (AvgIpc) is 3.73. The van der Waals surface area contributed by atoms with Crippen LogP contribution < -0.4 is 14.9 Å². The van der Waals surface area contributed by atoms with Gasteiger partial charge in [-0.05, 0) is 56.3 Å². The maximum atomic E-state index is 13.9. The molecular weight excluding hydrogens is 674 g/mol. The van der Waals surface area contributed by atoms with Gasteiger partial charge >= 0.3 is 5.97 Å². The monoisotopic (exact) mass is 693 g/mol. The fourth-order valence-electron chi connectivity index (χ4n) is 4.85. The molecule has 0 saturated heterocycles. The Bertz CT molecular complexity index is 2160. The second-order valence-corrected chi connectivity index (χ2v) is 12.0. The Kier molecular flexibility index (Phi) is 7.97. The molecule has 0 spiro atoms. The van der Waals surface area contributed by atoms with Gasteiger partial charge in [0.25, 0.3) is 11.2 Å². The molecule has 222 valence electrons. The zero-order chi connectivity index (χ0) is 31.1. The summed E-state index contributed by atoms with van der Waals surface area (Å²) in [6.45, 7) is 3.45. The Balaban J connectivity index is 1.47. The van der Waals surface area contributed by atoms with Gasteiger partial charge in [-0.1, -0.05) is 51.0 Å². The number of nitrogens with zero attached hydrogens (tertiary/aromatic N) is 3. The van der Waals surface area contributed by atoms with Crippen LogP contribution in [-0.4, -0.2) is 22.1 Å². The summed E-state index contributed by atoms with van der Waals surface area (Å²) in [6, 6.07) is 17.4. The predicted molar refractivity (Wildman–Crippen MR) is 168 cm³/mol. The molecule has 5 aromatic rings. The number of thiazole rings is 1. The van der Waals surface area contributed by atoms with Crippen LogP contribution in [0.5, 0.6) is 0 Å². The second kappa shape index (κ2) is 11.9. The van der Waals surface area contributed by atoms with Crippen molar-refractivity contribution in [2.75, 3.05) is 6.61 Å². The number of fused-ring (bicyclic) bond motifs is 1. The summed E-state index contributed by atoms with van der Waals surface area (Å²) in [5.74, 6) is 0.904. The molecule has 2 aromatic carbocycles. The number of aromatic nitrogens is 1. The fraction of sp³-hybridized carbons (Fsp3) is 0.129. The maximum absolute atomic E-state index is 13.9. The van der Waals surface area contributed by atoms with Gasteiger partial charge in [0.2, 0.25) is 0 Å². The van der Waals surface area contributed by atoms with Crippen molar-refractivity contribution in [1.29, 1.82) is 0 Å². The van der Waals surface area contributed by atoms with Gasteiger partial charge in [0.15, 0.2) is 4.80 Å². The van der Waals surface area contributed by atoms with E-state index in [1.807, 2.05) is 30.3 Å². The summed E-state index contributed by atoms with van der Waals surface area (Å²) in [5, 5.41) is 11.6. The quantitative estimate of drug-likeness (QED) is 0.106. The van der Waals surface area contributed by atoms with E-state index in [0.29, 0.717) is 26.6 Å². The summed E-state index contributed by atoms with van der Waals surface area (Å²) in [6.07, 6.45) is 1.63. The van der Waals surface area contributed by atoms with Crippen LogP contribution in [0.15, 0.2) is 101 Å². The molecule has 0 amide bonds. The summed E-state index contributed by atoms with van der Waals surface area (Å²) in [7, 11) is 0. The molecule has 10 nitrogen and oxygen atoms in total. The number of rotatable bonds is 7. The number of ether oxygens (including phenoxy) is 1. The highest BCUT2D eigenvalue weighted by molar-refractivity contribution is 9.10. The molecule has 1 aliphatic heterocycles. The molecule has 0 saturated carbocycles. The lowest BCUT2D eigenvalue weighted by atomic mass is 10.0. The van der Waals surface area contributed by atoms with Crippen molar-refractivity contribution < 1.29 is 23.3 Å². The van der Waals surface area contributed by atoms with Gasteiger partial charge in [-0.15, -0.1) is 0 Å². The number of hydrogen-bond acceptors (Lipinski definition) is 9.